The van der Waals surface area contributed by atoms with Crippen molar-refractivity contribution >= 4 is 6.09 Å². The van der Waals surface area contributed by atoms with Crippen molar-refractivity contribution in [3.05, 3.63) is 0 Å². The molecule has 1 aliphatic rings. The molecule has 1 N–H and O–H groups in total. The van der Waals surface area contributed by atoms with Crippen molar-refractivity contribution in [1.82, 2.24) is 4.90 Å². The number of carbonyl (C=O) groups is 1. The summed E-state index contributed by atoms with van der Waals surface area (Å²) in [6.07, 6.45) is 1.04. The third-order valence-electron chi connectivity index (χ3n) is 2.46. The molecule has 70 valence electrons. The predicted molar refractivity (Wildman–Crippen MR) is 44.2 cm³/mol. The number of likely N-dealkylation sites (tertiary alicyclic amines) is 1. The highest BCUT2D eigenvalue weighted by atomic mass is 16.5. The SMILES string of the molecule is COC(C)C1CCCN1C(=O)O. The van der Waals surface area contributed by atoms with E-state index in [4.69, 9.17) is 9.84 Å². The summed E-state index contributed by atoms with van der Waals surface area (Å²) in [5, 5.41) is 8.80. The van der Waals surface area contributed by atoms with Crippen molar-refractivity contribution in [2.24, 2.45) is 0 Å². The summed E-state index contributed by atoms with van der Waals surface area (Å²) in [4.78, 5) is 12.2. The Kier molecular flexibility index (Phi) is 2.92. The Balaban J connectivity index is 2.57. The van der Waals surface area contributed by atoms with E-state index in [0.717, 1.165) is 12.8 Å². The second-order valence-electron chi connectivity index (χ2n) is 3.13. The first-order valence-electron chi connectivity index (χ1n) is 4.19. The number of nitrogens with zero attached hydrogens (tertiary/aromatic N) is 1. The van der Waals surface area contributed by atoms with Crippen molar-refractivity contribution in [1.29, 1.82) is 0 Å². The molecule has 1 aliphatic heterocycles. The van der Waals surface area contributed by atoms with E-state index in [-0.39, 0.29) is 12.1 Å². The number of rotatable bonds is 2. The minimum Gasteiger partial charge on any atom is -0.465 e. The molecule has 0 saturated carbocycles. The van der Waals surface area contributed by atoms with Gasteiger partial charge in [0, 0.05) is 13.7 Å². The Hall–Kier alpha value is -0.770. The number of methoxy groups -OCH3 is 1. The lowest BCUT2D eigenvalue weighted by Gasteiger charge is -2.25. The maximum absolute atomic E-state index is 10.7. The average molecular weight is 173 g/mol. The summed E-state index contributed by atoms with van der Waals surface area (Å²) in [7, 11) is 1.61. The quantitative estimate of drug-likeness (QED) is 0.681. The van der Waals surface area contributed by atoms with Crippen LogP contribution < -0.4 is 0 Å². The molecule has 0 radical (unpaired) electrons. The summed E-state index contributed by atoms with van der Waals surface area (Å²) >= 11 is 0. The monoisotopic (exact) mass is 173 g/mol. The Morgan fingerprint density at radius 2 is 2.42 bits per heavy atom. The van der Waals surface area contributed by atoms with Gasteiger partial charge < -0.3 is 14.7 Å². The first kappa shape index (κ1) is 9.32. The fourth-order valence-electron chi connectivity index (χ4n) is 1.68. The smallest absolute Gasteiger partial charge is 0.407 e. The van der Waals surface area contributed by atoms with E-state index >= 15 is 0 Å². The van der Waals surface area contributed by atoms with Crippen LogP contribution in [0.3, 0.4) is 0 Å². The van der Waals surface area contributed by atoms with Gasteiger partial charge in [-0.25, -0.2) is 4.79 Å². The molecule has 1 amide bonds. The first-order chi connectivity index (χ1) is 5.66. The van der Waals surface area contributed by atoms with Crippen molar-refractivity contribution < 1.29 is 14.6 Å². The highest BCUT2D eigenvalue weighted by Gasteiger charge is 2.32. The lowest BCUT2D eigenvalue weighted by Crippen LogP contribution is -2.41. The van der Waals surface area contributed by atoms with Gasteiger partial charge in [-0.1, -0.05) is 0 Å². The fourth-order valence-corrected chi connectivity index (χ4v) is 1.68. The zero-order chi connectivity index (χ0) is 9.14. The minimum atomic E-state index is -0.832. The molecule has 2 atom stereocenters. The lowest BCUT2D eigenvalue weighted by atomic mass is 10.1. The summed E-state index contributed by atoms with van der Waals surface area (Å²) in [6.45, 7) is 2.56. The highest BCUT2D eigenvalue weighted by molar-refractivity contribution is 5.65. The standard InChI is InChI=1S/C8H15NO3/c1-6(12-2)7-4-3-5-9(7)8(10)11/h6-7H,3-5H2,1-2H3,(H,10,11). The zero-order valence-electron chi connectivity index (χ0n) is 7.49. The molecule has 1 heterocycles. The van der Waals surface area contributed by atoms with Gasteiger partial charge in [0.2, 0.25) is 0 Å². The van der Waals surface area contributed by atoms with Gasteiger partial charge in [-0.05, 0) is 19.8 Å². The molecule has 0 aromatic heterocycles. The van der Waals surface area contributed by atoms with Crippen LogP contribution in [0, 0.1) is 0 Å². The average Bonchev–Trinajstić information content (AvgIpc) is 2.50. The summed E-state index contributed by atoms with van der Waals surface area (Å²) in [6, 6.07) is 0.0486. The van der Waals surface area contributed by atoms with Crippen molar-refractivity contribution in [3.8, 4) is 0 Å². The molecule has 0 spiro atoms. The van der Waals surface area contributed by atoms with Crippen LogP contribution in [-0.4, -0.2) is 41.9 Å². The normalized spacial score (nSPS) is 25.8. The minimum absolute atomic E-state index is 0.00333. The first-order valence-corrected chi connectivity index (χ1v) is 4.19. The van der Waals surface area contributed by atoms with E-state index in [1.165, 1.54) is 4.90 Å². The van der Waals surface area contributed by atoms with Gasteiger partial charge in [0.05, 0.1) is 12.1 Å². The molecule has 0 aromatic rings. The van der Waals surface area contributed by atoms with Crippen LogP contribution in [-0.2, 0) is 4.74 Å². The second kappa shape index (κ2) is 3.76. The van der Waals surface area contributed by atoms with Crippen LogP contribution in [0.2, 0.25) is 0 Å². The van der Waals surface area contributed by atoms with E-state index in [0.29, 0.717) is 6.54 Å². The van der Waals surface area contributed by atoms with Gasteiger partial charge in [0.15, 0.2) is 0 Å². The molecule has 0 aromatic carbocycles. The van der Waals surface area contributed by atoms with E-state index in [9.17, 15) is 4.79 Å². The third-order valence-corrected chi connectivity index (χ3v) is 2.46. The van der Waals surface area contributed by atoms with Crippen molar-refractivity contribution in [2.45, 2.75) is 31.9 Å². The molecular formula is C8H15NO3. The second-order valence-corrected chi connectivity index (χ2v) is 3.13. The molecule has 1 saturated heterocycles. The number of hydrogen-bond donors (Lipinski definition) is 1. The van der Waals surface area contributed by atoms with Crippen LogP contribution in [0.1, 0.15) is 19.8 Å². The number of carboxylic acid groups (broad SMARTS) is 1. The van der Waals surface area contributed by atoms with Crippen LogP contribution in [0.4, 0.5) is 4.79 Å². The Morgan fingerprint density at radius 1 is 1.75 bits per heavy atom. The molecule has 1 fully saturated rings. The van der Waals surface area contributed by atoms with Gasteiger partial charge in [0.25, 0.3) is 0 Å². The maximum Gasteiger partial charge on any atom is 0.407 e. The molecule has 0 aliphatic carbocycles. The molecule has 4 heteroatoms. The highest BCUT2D eigenvalue weighted by Crippen LogP contribution is 2.21. The number of hydrogen-bond acceptors (Lipinski definition) is 2. The predicted octanol–water partition coefficient (Wildman–Crippen LogP) is 1.16. The molecule has 12 heavy (non-hydrogen) atoms. The molecule has 0 bridgehead atoms. The van der Waals surface area contributed by atoms with Gasteiger partial charge in [0.1, 0.15) is 0 Å². The third kappa shape index (κ3) is 1.69. The van der Waals surface area contributed by atoms with Gasteiger partial charge >= 0.3 is 6.09 Å². The van der Waals surface area contributed by atoms with Crippen LogP contribution >= 0.6 is 0 Å². The lowest BCUT2D eigenvalue weighted by molar-refractivity contribution is 0.0442. The van der Waals surface area contributed by atoms with E-state index in [1.54, 1.807) is 7.11 Å². The van der Waals surface area contributed by atoms with Crippen molar-refractivity contribution in [3.63, 3.8) is 0 Å². The van der Waals surface area contributed by atoms with Gasteiger partial charge in [-0.15, -0.1) is 0 Å². The van der Waals surface area contributed by atoms with Crippen LogP contribution in [0.5, 0.6) is 0 Å². The van der Waals surface area contributed by atoms with E-state index < -0.39 is 6.09 Å². The van der Waals surface area contributed by atoms with Gasteiger partial charge in [-0.3, -0.25) is 0 Å². The topological polar surface area (TPSA) is 49.8 Å². The Bertz CT molecular complexity index is 172. The number of amides is 1. The molecular weight excluding hydrogens is 158 g/mol. The van der Waals surface area contributed by atoms with Gasteiger partial charge in [-0.2, -0.15) is 0 Å². The summed E-state index contributed by atoms with van der Waals surface area (Å²) in [5.41, 5.74) is 0. The number of ether oxygens (including phenoxy) is 1. The van der Waals surface area contributed by atoms with Crippen molar-refractivity contribution in [2.75, 3.05) is 13.7 Å². The van der Waals surface area contributed by atoms with E-state index in [1.807, 2.05) is 6.92 Å². The van der Waals surface area contributed by atoms with Crippen LogP contribution in [0.15, 0.2) is 0 Å². The summed E-state index contributed by atoms with van der Waals surface area (Å²) < 4.78 is 5.11. The Morgan fingerprint density at radius 3 is 2.92 bits per heavy atom. The van der Waals surface area contributed by atoms with Crippen LogP contribution in [0.25, 0.3) is 0 Å². The van der Waals surface area contributed by atoms with E-state index in [2.05, 4.69) is 0 Å². The summed E-state index contributed by atoms with van der Waals surface area (Å²) in [5.74, 6) is 0. The zero-order valence-corrected chi connectivity index (χ0v) is 7.49. The molecule has 2 unspecified atom stereocenters. The maximum atomic E-state index is 10.7. The largest absolute Gasteiger partial charge is 0.465 e. The molecule has 4 nitrogen and oxygen atoms in total. The molecule has 1 rings (SSSR count). The fraction of sp³-hybridized carbons (Fsp3) is 0.875. The Labute approximate surface area is 72.1 Å².